The number of benzene rings is 1. The van der Waals surface area contributed by atoms with Crippen LogP contribution in [0.1, 0.15) is 12.8 Å². The summed E-state index contributed by atoms with van der Waals surface area (Å²) in [6, 6.07) is 8.70. The van der Waals surface area contributed by atoms with Gasteiger partial charge in [-0.25, -0.2) is 13.8 Å². The van der Waals surface area contributed by atoms with Crippen molar-refractivity contribution >= 4 is 45.6 Å². The summed E-state index contributed by atoms with van der Waals surface area (Å²) in [4.78, 5) is 4.31. The van der Waals surface area contributed by atoms with Crippen LogP contribution in [-0.2, 0) is 6.54 Å². The Morgan fingerprint density at radius 1 is 1.16 bits per heavy atom. The number of fused-ring (bicyclic) bond motifs is 1. The lowest BCUT2D eigenvalue weighted by Crippen LogP contribution is -2.25. The second kappa shape index (κ2) is 6.15. The predicted octanol–water partition coefficient (Wildman–Crippen LogP) is 6.13. The molecule has 1 fully saturated rings. The molecule has 3 nitrogen and oxygen atoms in total. The number of halogens is 4. The molecule has 1 aliphatic carbocycles. The number of anilines is 2. The summed E-state index contributed by atoms with van der Waals surface area (Å²) in [6.45, 7) is -0.322. The molecule has 0 atom stereocenters. The number of alkyl halides is 2. The first-order valence-corrected chi connectivity index (χ1v) is 8.74. The minimum Gasteiger partial charge on any atom is -0.341 e. The van der Waals surface area contributed by atoms with Gasteiger partial charge >= 0.3 is 0 Å². The highest BCUT2D eigenvalue weighted by Crippen LogP contribution is 2.44. The standard InChI is InChI=1S/C18H15Cl2F2N3/c19-13-2-1-3-14(20)16(13)24-17-12-7-9-25(15(12)6-8-23-17)10-18(21,22)11-4-5-11/h1-3,6-9,11H,4-5,10H2,(H,23,24). The number of para-hydroxylation sites is 1. The van der Waals surface area contributed by atoms with Crippen molar-refractivity contribution in [3.8, 4) is 0 Å². The lowest BCUT2D eigenvalue weighted by molar-refractivity contribution is -0.0375. The van der Waals surface area contributed by atoms with Crippen LogP contribution in [-0.4, -0.2) is 15.5 Å². The molecule has 7 heteroatoms. The van der Waals surface area contributed by atoms with Gasteiger partial charge in [0.05, 0.1) is 27.8 Å². The van der Waals surface area contributed by atoms with Crippen LogP contribution in [0.3, 0.4) is 0 Å². The van der Waals surface area contributed by atoms with Crippen LogP contribution in [0, 0.1) is 5.92 Å². The van der Waals surface area contributed by atoms with Gasteiger partial charge in [0.1, 0.15) is 5.82 Å². The van der Waals surface area contributed by atoms with Crippen molar-refractivity contribution in [2.45, 2.75) is 25.3 Å². The number of nitrogens with one attached hydrogen (secondary N) is 1. The Morgan fingerprint density at radius 2 is 1.88 bits per heavy atom. The molecule has 1 aromatic carbocycles. The van der Waals surface area contributed by atoms with Crippen LogP contribution in [0.25, 0.3) is 10.9 Å². The highest BCUT2D eigenvalue weighted by atomic mass is 35.5. The predicted molar refractivity (Wildman–Crippen MR) is 97.1 cm³/mol. The van der Waals surface area contributed by atoms with E-state index < -0.39 is 11.8 Å². The van der Waals surface area contributed by atoms with Gasteiger partial charge in [-0.2, -0.15) is 0 Å². The zero-order valence-corrected chi connectivity index (χ0v) is 14.7. The molecule has 130 valence electrons. The third-order valence-corrected chi connectivity index (χ3v) is 5.09. The van der Waals surface area contributed by atoms with Crippen molar-refractivity contribution in [2.24, 2.45) is 5.92 Å². The largest absolute Gasteiger partial charge is 0.341 e. The van der Waals surface area contributed by atoms with Gasteiger partial charge < -0.3 is 9.88 Å². The van der Waals surface area contributed by atoms with E-state index in [1.165, 1.54) is 0 Å². The Bertz CT molecular complexity index is 915. The van der Waals surface area contributed by atoms with Crippen LogP contribution in [0.4, 0.5) is 20.3 Å². The summed E-state index contributed by atoms with van der Waals surface area (Å²) in [5.74, 6) is -2.65. The minimum absolute atomic E-state index is 0.322. The first kappa shape index (κ1) is 16.6. The molecule has 0 aliphatic heterocycles. The number of rotatable bonds is 5. The molecule has 1 saturated carbocycles. The van der Waals surface area contributed by atoms with E-state index in [9.17, 15) is 8.78 Å². The molecule has 25 heavy (non-hydrogen) atoms. The zero-order valence-electron chi connectivity index (χ0n) is 13.1. The lowest BCUT2D eigenvalue weighted by Gasteiger charge is -2.17. The van der Waals surface area contributed by atoms with Crippen molar-refractivity contribution in [3.05, 3.63) is 52.8 Å². The Kier molecular flexibility index (Phi) is 4.08. The molecule has 2 heterocycles. The van der Waals surface area contributed by atoms with Crippen LogP contribution >= 0.6 is 23.2 Å². The van der Waals surface area contributed by atoms with Gasteiger partial charge in [-0.3, -0.25) is 0 Å². The number of aromatic nitrogens is 2. The first-order chi connectivity index (χ1) is 12.0. The van der Waals surface area contributed by atoms with E-state index >= 15 is 0 Å². The first-order valence-electron chi connectivity index (χ1n) is 7.98. The summed E-state index contributed by atoms with van der Waals surface area (Å²) in [6.07, 6.45) is 4.46. The molecular weight excluding hydrogens is 367 g/mol. The number of nitrogens with zero attached hydrogens (tertiary/aromatic N) is 2. The summed E-state index contributed by atoms with van der Waals surface area (Å²) < 4.78 is 29.9. The van der Waals surface area contributed by atoms with Crippen molar-refractivity contribution in [3.63, 3.8) is 0 Å². The Balaban J connectivity index is 1.69. The van der Waals surface area contributed by atoms with Gasteiger partial charge in [0.15, 0.2) is 0 Å². The van der Waals surface area contributed by atoms with Crippen LogP contribution in [0.2, 0.25) is 10.0 Å². The molecule has 0 spiro atoms. The Morgan fingerprint density at radius 3 is 2.56 bits per heavy atom. The third kappa shape index (κ3) is 3.18. The molecule has 1 aliphatic rings. The molecule has 0 amide bonds. The van der Waals surface area contributed by atoms with Gasteiger partial charge in [0.2, 0.25) is 0 Å². The molecular formula is C18H15Cl2F2N3. The van der Waals surface area contributed by atoms with Crippen molar-refractivity contribution in [1.82, 2.24) is 9.55 Å². The summed E-state index contributed by atoms with van der Waals surface area (Å²) >= 11 is 12.4. The lowest BCUT2D eigenvalue weighted by atomic mass is 10.2. The normalized spacial score (nSPS) is 14.9. The fourth-order valence-corrected chi connectivity index (χ4v) is 3.45. The Labute approximate surface area is 153 Å². The molecule has 2 aromatic heterocycles. The smallest absolute Gasteiger partial charge is 0.268 e. The van der Waals surface area contributed by atoms with Gasteiger partial charge in [0, 0.05) is 23.7 Å². The van der Waals surface area contributed by atoms with Gasteiger partial charge in [-0.1, -0.05) is 29.3 Å². The quantitative estimate of drug-likeness (QED) is 0.575. The van der Waals surface area contributed by atoms with Crippen molar-refractivity contribution in [1.29, 1.82) is 0 Å². The van der Waals surface area contributed by atoms with E-state index in [-0.39, 0.29) is 6.54 Å². The van der Waals surface area contributed by atoms with Gasteiger partial charge in [-0.05, 0) is 37.1 Å². The van der Waals surface area contributed by atoms with E-state index in [0.29, 0.717) is 39.9 Å². The number of hydrogen-bond donors (Lipinski definition) is 1. The molecule has 0 saturated heterocycles. The second-order valence-electron chi connectivity index (χ2n) is 6.29. The maximum atomic E-state index is 14.2. The topological polar surface area (TPSA) is 29.9 Å². The van der Waals surface area contributed by atoms with Gasteiger partial charge in [-0.15, -0.1) is 0 Å². The second-order valence-corrected chi connectivity index (χ2v) is 7.11. The van der Waals surface area contributed by atoms with Crippen molar-refractivity contribution in [2.75, 3.05) is 5.32 Å². The monoisotopic (exact) mass is 381 g/mol. The fourth-order valence-electron chi connectivity index (χ4n) is 2.96. The summed E-state index contributed by atoms with van der Waals surface area (Å²) in [5, 5.41) is 4.79. The Hall–Kier alpha value is -1.85. The molecule has 0 unspecified atom stereocenters. The third-order valence-electron chi connectivity index (χ3n) is 4.46. The summed E-state index contributed by atoms with van der Waals surface area (Å²) in [7, 11) is 0. The fraction of sp³-hybridized carbons (Fsp3) is 0.278. The maximum Gasteiger partial charge on any atom is 0.268 e. The van der Waals surface area contributed by atoms with E-state index in [1.54, 1.807) is 47.3 Å². The van der Waals surface area contributed by atoms with E-state index in [4.69, 9.17) is 23.2 Å². The molecule has 1 N–H and O–H groups in total. The molecule has 0 bridgehead atoms. The highest BCUT2D eigenvalue weighted by molar-refractivity contribution is 6.39. The van der Waals surface area contributed by atoms with E-state index in [1.807, 2.05) is 0 Å². The summed E-state index contributed by atoms with van der Waals surface area (Å²) in [5.41, 5.74) is 1.24. The van der Waals surface area contributed by atoms with Crippen LogP contribution < -0.4 is 5.32 Å². The molecule has 0 radical (unpaired) electrons. The molecule has 3 aromatic rings. The maximum absolute atomic E-state index is 14.2. The van der Waals surface area contributed by atoms with E-state index in [0.717, 1.165) is 5.39 Å². The van der Waals surface area contributed by atoms with Crippen LogP contribution in [0.15, 0.2) is 42.7 Å². The van der Waals surface area contributed by atoms with Crippen molar-refractivity contribution < 1.29 is 8.78 Å². The van der Waals surface area contributed by atoms with E-state index in [2.05, 4.69) is 10.3 Å². The number of pyridine rings is 1. The average Bonchev–Trinajstić information content (AvgIpc) is 3.35. The van der Waals surface area contributed by atoms with Gasteiger partial charge in [0.25, 0.3) is 5.92 Å². The SMILES string of the molecule is FC(F)(Cn1ccc2c(Nc3c(Cl)cccc3Cl)nccc21)C1CC1. The minimum atomic E-state index is -2.69. The highest BCUT2D eigenvalue weighted by Gasteiger charge is 2.46. The molecule has 4 rings (SSSR count). The zero-order chi connectivity index (χ0) is 17.6. The average molecular weight is 382 g/mol. The number of hydrogen-bond acceptors (Lipinski definition) is 2. The van der Waals surface area contributed by atoms with Crippen LogP contribution in [0.5, 0.6) is 0 Å².